The first-order valence-electron chi connectivity index (χ1n) is 7.86. The first-order valence-corrected chi connectivity index (χ1v) is 7.86. The molecule has 1 fully saturated rings. The van der Waals surface area contributed by atoms with Crippen LogP contribution in [0.15, 0.2) is 0 Å². The number of ether oxygens (including phenoxy) is 1. The summed E-state index contributed by atoms with van der Waals surface area (Å²) in [4.78, 5) is 16.7. The van der Waals surface area contributed by atoms with E-state index >= 15 is 0 Å². The number of rotatable bonds is 8. The van der Waals surface area contributed by atoms with Crippen LogP contribution in [-0.4, -0.2) is 74.7 Å². The summed E-state index contributed by atoms with van der Waals surface area (Å²) in [5.74, 6) is -0.139. The highest BCUT2D eigenvalue weighted by atomic mass is 16.5. The molecule has 0 radical (unpaired) electrons. The molecule has 0 aromatic carbocycles. The van der Waals surface area contributed by atoms with E-state index < -0.39 is 0 Å². The molecule has 0 aliphatic carbocycles. The van der Waals surface area contributed by atoms with E-state index in [1.807, 2.05) is 0 Å². The molecule has 2 unspecified atom stereocenters. The van der Waals surface area contributed by atoms with Crippen LogP contribution in [0.2, 0.25) is 0 Å². The fraction of sp³-hybridized carbons (Fsp3) is 0.933. The van der Waals surface area contributed by atoms with Crippen molar-refractivity contribution in [2.75, 3.05) is 46.9 Å². The van der Waals surface area contributed by atoms with Gasteiger partial charge in [-0.1, -0.05) is 13.8 Å². The van der Waals surface area contributed by atoms with Gasteiger partial charge in [0.2, 0.25) is 0 Å². The SMILES string of the molecule is CCCNC(CCN1CCN(C)C(CC)C1)C(=O)OC. The van der Waals surface area contributed by atoms with E-state index in [0.717, 1.165) is 45.6 Å². The Kier molecular flexibility index (Phi) is 8.11. The number of nitrogens with one attached hydrogen (secondary N) is 1. The third-order valence-electron chi connectivity index (χ3n) is 4.19. The largest absolute Gasteiger partial charge is 0.468 e. The van der Waals surface area contributed by atoms with Gasteiger partial charge in [0.15, 0.2) is 0 Å². The molecule has 2 atom stereocenters. The average Bonchev–Trinajstić information content (AvgIpc) is 2.48. The van der Waals surface area contributed by atoms with Gasteiger partial charge in [-0.15, -0.1) is 0 Å². The summed E-state index contributed by atoms with van der Waals surface area (Å²) in [5.41, 5.74) is 0. The zero-order valence-electron chi connectivity index (χ0n) is 13.5. The van der Waals surface area contributed by atoms with Crippen LogP contribution in [-0.2, 0) is 9.53 Å². The summed E-state index contributed by atoms with van der Waals surface area (Å²) in [6.07, 6.45) is 3.04. The van der Waals surface area contributed by atoms with Crippen molar-refractivity contribution in [1.29, 1.82) is 0 Å². The van der Waals surface area contributed by atoms with E-state index in [-0.39, 0.29) is 12.0 Å². The topological polar surface area (TPSA) is 44.8 Å². The molecular weight excluding hydrogens is 254 g/mol. The van der Waals surface area contributed by atoms with Crippen molar-refractivity contribution in [2.45, 2.75) is 45.2 Å². The van der Waals surface area contributed by atoms with Gasteiger partial charge in [0.25, 0.3) is 0 Å². The summed E-state index contributed by atoms with van der Waals surface area (Å²) in [6.45, 7) is 9.48. The minimum atomic E-state index is -0.167. The predicted octanol–water partition coefficient (Wildman–Crippen LogP) is 0.944. The van der Waals surface area contributed by atoms with Crippen LogP contribution in [0, 0.1) is 0 Å². The second kappa shape index (κ2) is 9.32. The Balaban J connectivity index is 2.40. The van der Waals surface area contributed by atoms with Gasteiger partial charge >= 0.3 is 5.97 Å². The van der Waals surface area contributed by atoms with Gasteiger partial charge in [-0.2, -0.15) is 0 Å². The highest BCUT2D eigenvalue weighted by Crippen LogP contribution is 2.11. The summed E-state index contributed by atoms with van der Waals surface area (Å²) < 4.78 is 4.88. The molecule has 5 heteroatoms. The Bertz CT molecular complexity index is 286. The minimum absolute atomic E-state index is 0.139. The molecule has 20 heavy (non-hydrogen) atoms. The first kappa shape index (κ1) is 17.4. The number of esters is 1. The molecule has 0 aromatic heterocycles. The van der Waals surface area contributed by atoms with E-state index in [1.165, 1.54) is 13.5 Å². The predicted molar refractivity (Wildman–Crippen MR) is 81.9 cm³/mol. The first-order chi connectivity index (χ1) is 9.62. The Labute approximate surface area is 123 Å². The number of carbonyl (C=O) groups excluding carboxylic acids is 1. The summed E-state index contributed by atoms with van der Waals surface area (Å²) in [7, 11) is 3.66. The Morgan fingerprint density at radius 2 is 2.15 bits per heavy atom. The van der Waals surface area contributed by atoms with Crippen LogP contribution in [0.4, 0.5) is 0 Å². The number of piperazine rings is 1. The lowest BCUT2D eigenvalue weighted by atomic mass is 10.1. The van der Waals surface area contributed by atoms with E-state index in [9.17, 15) is 4.79 Å². The molecule has 0 saturated carbocycles. The van der Waals surface area contributed by atoms with E-state index in [4.69, 9.17) is 4.74 Å². The number of hydrogen-bond donors (Lipinski definition) is 1. The highest BCUT2D eigenvalue weighted by Gasteiger charge is 2.24. The average molecular weight is 285 g/mol. The second-order valence-electron chi connectivity index (χ2n) is 5.66. The Morgan fingerprint density at radius 1 is 1.40 bits per heavy atom. The van der Waals surface area contributed by atoms with Crippen molar-refractivity contribution in [3.63, 3.8) is 0 Å². The maximum atomic E-state index is 11.8. The van der Waals surface area contributed by atoms with Gasteiger partial charge in [0.05, 0.1) is 7.11 Å². The van der Waals surface area contributed by atoms with Gasteiger partial charge in [0, 0.05) is 32.2 Å². The van der Waals surface area contributed by atoms with Crippen molar-refractivity contribution >= 4 is 5.97 Å². The van der Waals surface area contributed by atoms with Crippen LogP contribution >= 0.6 is 0 Å². The zero-order valence-corrected chi connectivity index (χ0v) is 13.5. The third kappa shape index (κ3) is 5.38. The lowest BCUT2D eigenvalue weighted by molar-refractivity contribution is -0.143. The fourth-order valence-electron chi connectivity index (χ4n) is 2.73. The molecular formula is C15H31N3O2. The van der Waals surface area contributed by atoms with Gasteiger partial charge in [-0.25, -0.2) is 0 Å². The van der Waals surface area contributed by atoms with Crippen molar-refractivity contribution in [1.82, 2.24) is 15.1 Å². The standard InChI is InChI=1S/C15H31N3O2/c1-5-8-16-14(15(19)20-4)7-9-18-11-10-17(3)13(6-2)12-18/h13-14,16H,5-12H2,1-4H3. The van der Waals surface area contributed by atoms with E-state index in [2.05, 4.69) is 36.0 Å². The third-order valence-corrected chi connectivity index (χ3v) is 4.19. The van der Waals surface area contributed by atoms with Crippen molar-refractivity contribution in [2.24, 2.45) is 0 Å². The molecule has 1 aliphatic rings. The van der Waals surface area contributed by atoms with E-state index in [1.54, 1.807) is 0 Å². The fourth-order valence-corrected chi connectivity index (χ4v) is 2.73. The minimum Gasteiger partial charge on any atom is -0.468 e. The molecule has 1 rings (SSSR count). The summed E-state index contributed by atoms with van der Waals surface area (Å²) in [5, 5.41) is 3.28. The Hall–Kier alpha value is -0.650. The molecule has 1 heterocycles. The molecule has 1 aliphatic heterocycles. The molecule has 118 valence electrons. The lowest BCUT2D eigenvalue weighted by Crippen LogP contribution is -2.52. The molecule has 5 nitrogen and oxygen atoms in total. The van der Waals surface area contributed by atoms with Crippen LogP contribution < -0.4 is 5.32 Å². The van der Waals surface area contributed by atoms with Gasteiger partial charge < -0.3 is 19.9 Å². The molecule has 0 amide bonds. The van der Waals surface area contributed by atoms with E-state index in [0.29, 0.717) is 6.04 Å². The van der Waals surface area contributed by atoms with Crippen LogP contribution in [0.1, 0.15) is 33.1 Å². The van der Waals surface area contributed by atoms with Gasteiger partial charge in [-0.05, 0) is 32.9 Å². The van der Waals surface area contributed by atoms with Gasteiger partial charge in [0.1, 0.15) is 6.04 Å². The number of likely N-dealkylation sites (N-methyl/N-ethyl adjacent to an activating group) is 1. The molecule has 0 aromatic rings. The molecule has 0 bridgehead atoms. The van der Waals surface area contributed by atoms with Crippen molar-refractivity contribution in [3.05, 3.63) is 0 Å². The van der Waals surface area contributed by atoms with Crippen LogP contribution in [0.25, 0.3) is 0 Å². The van der Waals surface area contributed by atoms with Crippen LogP contribution in [0.5, 0.6) is 0 Å². The Morgan fingerprint density at radius 3 is 2.75 bits per heavy atom. The maximum Gasteiger partial charge on any atom is 0.322 e. The zero-order chi connectivity index (χ0) is 15.0. The molecule has 0 spiro atoms. The lowest BCUT2D eigenvalue weighted by Gasteiger charge is -2.39. The molecule has 1 saturated heterocycles. The number of methoxy groups -OCH3 is 1. The van der Waals surface area contributed by atoms with Crippen LogP contribution in [0.3, 0.4) is 0 Å². The summed E-state index contributed by atoms with van der Waals surface area (Å²) in [6, 6.07) is 0.476. The second-order valence-corrected chi connectivity index (χ2v) is 5.66. The number of hydrogen-bond acceptors (Lipinski definition) is 5. The van der Waals surface area contributed by atoms with Crippen molar-refractivity contribution in [3.8, 4) is 0 Å². The summed E-state index contributed by atoms with van der Waals surface area (Å²) >= 11 is 0. The smallest absolute Gasteiger partial charge is 0.322 e. The molecule has 1 N–H and O–H groups in total. The number of nitrogens with zero attached hydrogens (tertiary/aromatic N) is 2. The number of carbonyl (C=O) groups is 1. The monoisotopic (exact) mass is 285 g/mol. The highest BCUT2D eigenvalue weighted by molar-refractivity contribution is 5.75. The quantitative estimate of drug-likeness (QED) is 0.673. The maximum absolute atomic E-state index is 11.8. The normalized spacial score (nSPS) is 22.7. The van der Waals surface area contributed by atoms with Gasteiger partial charge in [-0.3, -0.25) is 4.79 Å². The van der Waals surface area contributed by atoms with Crippen molar-refractivity contribution < 1.29 is 9.53 Å².